The van der Waals surface area contributed by atoms with Crippen LogP contribution in [0.1, 0.15) is 63.6 Å². The van der Waals surface area contributed by atoms with Gasteiger partial charge >= 0.3 is 0 Å². The number of fused-ring (bicyclic) bond motifs is 1. The molecule has 1 aromatic rings. The lowest BCUT2D eigenvalue weighted by atomic mass is 9.77. The van der Waals surface area contributed by atoms with Gasteiger partial charge in [0.2, 0.25) is 0 Å². The second-order valence-corrected chi connectivity index (χ2v) is 8.95. The van der Waals surface area contributed by atoms with Gasteiger partial charge in [-0.15, -0.1) is 0 Å². The molecular weight excluding hydrogens is 280 g/mol. The molecule has 0 bridgehead atoms. The second kappa shape index (κ2) is 5.54. The molecule has 1 atom stereocenters. The van der Waals surface area contributed by atoms with Gasteiger partial charge in [0, 0.05) is 13.1 Å². The van der Waals surface area contributed by atoms with E-state index >= 15 is 0 Å². The molecule has 0 amide bonds. The standard InChI is InChI=1S/C17H28N2OS/c1-11(2)12-5-7-19(8-6-12)16-18-13-9-17(3,4)10-14(20)15(13)21-16/h11-12,14,20H,5-10H2,1-4H3. The van der Waals surface area contributed by atoms with Gasteiger partial charge < -0.3 is 10.0 Å². The summed E-state index contributed by atoms with van der Waals surface area (Å²) in [5.41, 5.74) is 1.31. The molecule has 1 aromatic heterocycles. The average molecular weight is 308 g/mol. The summed E-state index contributed by atoms with van der Waals surface area (Å²) < 4.78 is 0. The fourth-order valence-electron chi connectivity index (χ4n) is 3.77. The van der Waals surface area contributed by atoms with Gasteiger partial charge in [0.25, 0.3) is 0 Å². The molecule has 1 saturated heterocycles. The predicted molar refractivity (Wildman–Crippen MR) is 89.0 cm³/mol. The molecule has 118 valence electrons. The minimum absolute atomic E-state index is 0.169. The molecule has 1 N–H and O–H groups in total. The van der Waals surface area contributed by atoms with Crippen molar-refractivity contribution in [2.75, 3.05) is 18.0 Å². The molecule has 1 fully saturated rings. The first kappa shape index (κ1) is 15.3. The first-order chi connectivity index (χ1) is 9.85. The summed E-state index contributed by atoms with van der Waals surface area (Å²) in [5.74, 6) is 1.65. The molecule has 0 saturated carbocycles. The third-order valence-corrected chi connectivity index (χ3v) is 6.42. The molecule has 2 heterocycles. The Morgan fingerprint density at radius 2 is 1.95 bits per heavy atom. The molecule has 3 nitrogen and oxygen atoms in total. The van der Waals surface area contributed by atoms with Gasteiger partial charge in [0.05, 0.1) is 16.7 Å². The Labute approximate surface area is 132 Å². The Morgan fingerprint density at radius 1 is 1.29 bits per heavy atom. The quantitative estimate of drug-likeness (QED) is 0.896. The minimum Gasteiger partial charge on any atom is -0.387 e. The van der Waals surface area contributed by atoms with Crippen molar-refractivity contribution in [1.82, 2.24) is 4.98 Å². The highest BCUT2D eigenvalue weighted by molar-refractivity contribution is 7.15. The van der Waals surface area contributed by atoms with Crippen molar-refractivity contribution in [1.29, 1.82) is 0 Å². The average Bonchev–Trinajstić information content (AvgIpc) is 2.81. The molecule has 1 aliphatic heterocycles. The van der Waals surface area contributed by atoms with Crippen LogP contribution in [0, 0.1) is 17.3 Å². The van der Waals surface area contributed by atoms with Crippen LogP contribution in [0.15, 0.2) is 0 Å². The highest BCUT2D eigenvalue weighted by Crippen LogP contribution is 2.45. The van der Waals surface area contributed by atoms with E-state index in [0.717, 1.165) is 53.5 Å². The Morgan fingerprint density at radius 3 is 2.57 bits per heavy atom. The molecule has 2 aliphatic rings. The summed E-state index contributed by atoms with van der Waals surface area (Å²) in [6, 6.07) is 0. The van der Waals surface area contributed by atoms with Crippen LogP contribution in [0.5, 0.6) is 0 Å². The number of aromatic nitrogens is 1. The number of aliphatic hydroxyl groups is 1. The smallest absolute Gasteiger partial charge is 0.185 e. The summed E-state index contributed by atoms with van der Waals surface area (Å²) in [6.45, 7) is 11.4. The van der Waals surface area contributed by atoms with E-state index in [4.69, 9.17) is 4.98 Å². The monoisotopic (exact) mass is 308 g/mol. The van der Waals surface area contributed by atoms with Crippen molar-refractivity contribution in [3.8, 4) is 0 Å². The number of thiazole rings is 1. The van der Waals surface area contributed by atoms with Crippen molar-refractivity contribution in [3.05, 3.63) is 10.6 Å². The van der Waals surface area contributed by atoms with Gasteiger partial charge in [-0.2, -0.15) is 0 Å². The van der Waals surface area contributed by atoms with Crippen LogP contribution in [-0.4, -0.2) is 23.2 Å². The van der Waals surface area contributed by atoms with E-state index < -0.39 is 0 Å². The normalized spacial score (nSPS) is 26.2. The lowest BCUT2D eigenvalue weighted by Crippen LogP contribution is -2.35. The van der Waals surface area contributed by atoms with Gasteiger partial charge in [-0.1, -0.05) is 39.0 Å². The molecule has 0 radical (unpaired) electrons. The van der Waals surface area contributed by atoms with Crippen molar-refractivity contribution in [3.63, 3.8) is 0 Å². The van der Waals surface area contributed by atoms with Gasteiger partial charge in [-0.25, -0.2) is 4.98 Å². The Kier molecular flexibility index (Phi) is 4.04. The molecule has 0 aromatic carbocycles. The predicted octanol–water partition coefficient (Wildman–Crippen LogP) is 4.02. The SMILES string of the molecule is CC(C)C1CCN(c2nc3c(s2)C(O)CC(C)(C)C3)CC1. The van der Waals surface area contributed by atoms with Crippen molar-refractivity contribution < 1.29 is 5.11 Å². The molecule has 1 unspecified atom stereocenters. The zero-order valence-electron chi connectivity index (χ0n) is 13.7. The third kappa shape index (κ3) is 3.11. The lowest BCUT2D eigenvalue weighted by Gasteiger charge is -2.33. The van der Waals surface area contributed by atoms with E-state index in [9.17, 15) is 5.11 Å². The van der Waals surface area contributed by atoms with Crippen LogP contribution in [-0.2, 0) is 6.42 Å². The van der Waals surface area contributed by atoms with E-state index in [1.54, 1.807) is 11.3 Å². The molecule has 4 heteroatoms. The largest absolute Gasteiger partial charge is 0.387 e. The number of hydrogen-bond acceptors (Lipinski definition) is 4. The van der Waals surface area contributed by atoms with Gasteiger partial charge in [0.15, 0.2) is 5.13 Å². The molecular formula is C17H28N2OS. The van der Waals surface area contributed by atoms with Gasteiger partial charge in [-0.05, 0) is 42.9 Å². The number of aliphatic hydroxyl groups excluding tert-OH is 1. The van der Waals surface area contributed by atoms with Crippen LogP contribution >= 0.6 is 11.3 Å². The third-order valence-electron chi connectivity index (χ3n) is 5.16. The van der Waals surface area contributed by atoms with E-state index in [2.05, 4.69) is 32.6 Å². The summed E-state index contributed by atoms with van der Waals surface area (Å²) in [5, 5.41) is 11.5. The topological polar surface area (TPSA) is 36.4 Å². The summed E-state index contributed by atoms with van der Waals surface area (Å²) in [7, 11) is 0. The van der Waals surface area contributed by atoms with Crippen molar-refractivity contribution in [2.24, 2.45) is 17.3 Å². The van der Waals surface area contributed by atoms with Crippen LogP contribution in [0.25, 0.3) is 0 Å². The maximum atomic E-state index is 10.4. The second-order valence-electron chi connectivity index (χ2n) is 7.94. The number of rotatable bonds is 2. The van der Waals surface area contributed by atoms with E-state index in [-0.39, 0.29) is 11.5 Å². The molecule has 0 spiro atoms. The van der Waals surface area contributed by atoms with Crippen LogP contribution in [0.2, 0.25) is 0 Å². The van der Waals surface area contributed by atoms with E-state index in [0.29, 0.717) is 0 Å². The summed E-state index contributed by atoms with van der Waals surface area (Å²) >= 11 is 1.73. The van der Waals surface area contributed by atoms with Gasteiger partial charge in [-0.3, -0.25) is 0 Å². The number of piperidine rings is 1. The molecule has 1 aliphatic carbocycles. The highest BCUT2D eigenvalue weighted by atomic mass is 32.1. The number of anilines is 1. The first-order valence-electron chi connectivity index (χ1n) is 8.28. The van der Waals surface area contributed by atoms with Crippen LogP contribution in [0.3, 0.4) is 0 Å². The van der Waals surface area contributed by atoms with Crippen LogP contribution in [0.4, 0.5) is 5.13 Å². The highest BCUT2D eigenvalue weighted by Gasteiger charge is 2.35. The number of hydrogen-bond donors (Lipinski definition) is 1. The molecule has 3 rings (SSSR count). The van der Waals surface area contributed by atoms with E-state index in [1.807, 2.05) is 0 Å². The maximum Gasteiger partial charge on any atom is 0.185 e. The van der Waals surface area contributed by atoms with Crippen molar-refractivity contribution in [2.45, 2.75) is 59.5 Å². The zero-order chi connectivity index (χ0) is 15.2. The van der Waals surface area contributed by atoms with E-state index in [1.165, 1.54) is 12.8 Å². The summed E-state index contributed by atoms with van der Waals surface area (Å²) in [6.07, 6.45) is 4.09. The lowest BCUT2D eigenvalue weighted by molar-refractivity contribution is 0.102. The minimum atomic E-state index is -0.316. The number of nitrogens with zero attached hydrogens (tertiary/aromatic N) is 2. The summed E-state index contributed by atoms with van der Waals surface area (Å²) in [4.78, 5) is 8.43. The first-order valence-corrected chi connectivity index (χ1v) is 9.10. The maximum absolute atomic E-state index is 10.4. The van der Waals surface area contributed by atoms with Crippen molar-refractivity contribution >= 4 is 16.5 Å². The Bertz CT molecular complexity index is 501. The Balaban J connectivity index is 1.74. The van der Waals surface area contributed by atoms with Gasteiger partial charge in [0.1, 0.15) is 0 Å². The Hall–Kier alpha value is -0.610. The zero-order valence-corrected chi connectivity index (χ0v) is 14.5. The fourth-order valence-corrected chi connectivity index (χ4v) is 4.89. The molecule has 21 heavy (non-hydrogen) atoms. The fraction of sp³-hybridized carbons (Fsp3) is 0.824. The van der Waals surface area contributed by atoms with Crippen LogP contribution < -0.4 is 4.90 Å².